The highest BCUT2D eigenvalue weighted by atomic mass is 16.7. The average molecular weight is 348 g/mol. The van der Waals surface area contributed by atoms with Gasteiger partial charge in [-0.2, -0.15) is 0 Å². The lowest BCUT2D eigenvalue weighted by Crippen LogP contribution is -2.37. The van der Waals surface area contributed by atoms with E-state index >= 15 is 0 Å². The van der Waals surface area contributed by atoms with Gasteiger partial charge in [0.1, 0.15) is 18.3 Å². The Hall–Kier alpha value is -1.76. The molecule has 2 aromatic rings. The Balaban J connectivity index is 1.78. The van der Waals surface area contributed by atoms with E-state index in [9.17, 15) is 5.11 Å². The third kappa shape index (κ3) is 4.87. The molecule has 0 aliphatic carbocycles. The minimum Gasteiger partial charge on any atom is -0.385 e. The lowest BCUT2D eigenvalue weighted by molar-refractivity contribution is -0.156. The summed E-state index contributed by atoms with van der Waals surface area (Å²) in [6, 6.07) is 15.9. The molecule has 0 saturated carbocycles. The monoisotopic (exact) mass is 348 g/mol. The Kier molecular flexibility index (Phi) is 4.88. The molecule has 1 aliphatic heterocycles. The molecule has 0 bridgehead atoms. The number of methoxy groups -OCH3 is 1. The highest BCUT2D eigenvalue weighted by Crippen LogP contribution is 2.26. The summed E-state index contributed by atoms with van der Waals surface area (Å²) >= 11 is 0. The van der Waals surface area contributed by atoms with Gasteiger partial charge in [-0.3, -0.25) is 0 Å². The van der Waals surface area contributed by atoms with Gasteiger partial charge in [0.25, 0.3) is 0 Å². The zero-order valence-electron chi connectivity index (χ0n) is 17.9. The molecule has 134 valence electrons. The SMILES string of the molecule is [2H]c1cccc(COC([2H])[C@@]2([2H])OC(OC)[C@H](O)[C@]2([2H])OCc2ccccc2)c1. The number of rotatable bonds is 8. The molecule has 3 rings (SSSR count). The van der Waals surface area contributed by atoms with Crippen molar-refractivity contribution in [3.63, 3.8) is 0 Å². The van der Waals surface area contributed by atoms with Crippen molar-refractivity contribution < 1.29 is 29.5 Å². The van der Waals surface area contributed by atoms with E-state index in [1.807, 2.05) is 6.07 Å². The first kappa shape index (κ1) is 13.4. The van der Waals surface area contributed by atoms with E-state index in [1.54, 1.807) is 48.5 Å². The predicted octanol–water partition coefficient (Wildman–Crippen LogP) is 2.52. The van der Waals surface area contributed by atoms with Gasteiger partial charge in [0, 0.05) is 7.11 Å². The summed E-state index contributed by atoms with van der Waals surface area (Å²) in [5.74, 6) is 0. The van der Waals surface area contributed by atoms with Crippen LogP contribution in [0, 0.1) is 0 Å². The second-order valence-electron chi connectivity index (χ2n) is 5.51. The lowest BCUT2D eigenvalue weighted by Gasteiger charge is -2.20. The first-order chi connectivity index (χ1) is 13.8. The fourth-order valence-electron chi connectivity index (χ4n) is 2.41. The Bertz CT molecular complexity index is 810. The van der Waals surface area contributed by atoms with Gasteiger partial charge in [-0.05, 0) is 11.1 Å². The van der Waals surface area contributed by atoms with Gasteiger partial charge < -0.3 is 24.1 Å². The van der Waals surface area contributed by atoms with Gasteiger partial charge >= 0.3 is 0 Å². The highest BCUT2D eigenvalue weighted by molar-refractivity contribution is 5.14. The highest BCUT2D eigenvalue weighted by Gasteiger charge is 2.44. The van der Waals surface area contributed by atoms with Gasteiger partial charge in [-0.1, -0.05) is 60.6 Å². The summed E-state index contributed by atoms with van der Waals surface area (Å²) in [5, 5.41) is 10.5. The van der Waals surface area contributed by atoms with E-state index in [4.69, 9.17) is 24.4 Å². The molecule has 25 heavy (non-hydrogen) atoms. The van der Waals surface area contributed by atoms with Crippen molar-refractivity contribution in [1.29, 1.82) is 0 Å². The Morgan fingerprint density at radius 1 is 1.12 bits per heavy atom. The summed E-state index contributed by atoms with van der Waals surface area (Å²) in [4.78, 5) is 0. The van der Waals surface area contributed by atoms with E-state index in [-0.39, 0.29) is 13.2 Å². The van der Waals surface area contributed by atoms with E-state index in [1.165, 1.54) is 7.11 Å². The number of aliphatic hydroxyl groups is 1. The minimum atomic E-state index is -2.37. The van der Waals surface area contributed by atoms with Crippen molar-refractivity contribution in [3.05, 3.63) is 71.8 Å². The van der Waals surface area contributed by atoms with Crippen LogP contribution in [-0.2, 0) is 32.2 Å². The van der Waals surface area contributed by atoms with E-state index in [0.29, 0.717) is 11.6 Å². The number of benzene rings is 2. The third-order valence-corrected chi connectivity index (χ3v) is 3.69. The molecule has 2 unspecified atom stereocenters. The fraction of sp³-hybridized carbons (Fsp3) is 0.400. The molecular weight excluding hydrogens is 320 g/mol. The number of hydrogen-bond acceptors (Lipinski definition) is 5. The molecule has 5 atom stereocenters. The van der Waals surface area contributed by atoms with Crippen molar-refractivity contribution in [1.82, 2.24) is 0 Å². The number of hydrogen-bond donors (Lipinski definition) is 1. The molecule has 0 amide bonds. The molecule has 1 N–H and O–H groups in total. The van der Waals surface area contributed by atoms with Crippen LogP contribution in [0.4, 0.5) is 0 Å². The molecule has 0 spiro atoms. The largest absolute Gasteiger partial charge is 0.385 e. The van der Waals surface area contributed by atoms with E-state index in [0.717, 1.165) is 5.56 Å². The van der Waals surface area contributed by atoms with Crippen LogP contribution < -0.4 is 0 Å². The molecule has 0 radical (unpaired) electrons. The molecule has 1 aliphatic rings. The molecule has 1 saturated heterocycles. The molecule has 5 heteroatoms. The van der Waals surface area contributed by atoms with Gasteiger partial charge in [-0.15, -0.1) is 0 Å². The van der Waals surface area contributed by atoms with Crippen molar-refractivity contribution in [3.8, 4) is 0 Å². The van der Waals surface area contributed by atoms with Crippen molar-refractivity contribution in [2.45, 2.75) is 37.8 Å². The van der Waals surface area contributed by atoms with Crippen LogP contribution in [0.1, 0.15) is 16.6 Å². The second-order valence-corrected chi connectivity index (χ2v) is 5.51. The minimum absolute atomic E-state index is 0.0601. The molecule has 5 nitrogen and oxygen atoms in total. The quantitative estimate of drug-likeness (QED) is 0.794. The maximum Gasteiger partial charge on any atom is 0.186 e. The van der Waals surface area contributed by atoms with Gasteiger partial charge in [0.2, 0.25) is 0 Å². The fourth-order valence-corrected chi connectivity index (χ4v) is 2.41. The Labute approximate surface area is 153 Å². The van der Waals surface area contributed by atoms with Crippen molar-refractivity contribution in [2.24, 2.45) is 0 Å². The summed E-state index contributed by atoms with van der Waals surface area (Å²) in [6.45, 7) is -1.80. The maximum atomic E-state index is 10.5. The van der Waals surface area contributed by atoms with Crippen LogP contribution in [0.3, 0.4) is 0 Å². The van der Waals surface area contributed by atoms with Gasteiger partial charge in [-0.25, -0.2) is 0 Å². The van der Waals surface area contributed by atoms with Gasteiger partial charge in [0.15, 0.2) is 6.29 Å². The van der Waals surface area contributed by atoms with Crippen LogP contribution in [0.2, 0.25) is 0 Å². The third-order valence-electron chi connectivity index (χ3n) is 3.69. The zero-order chi connectivity index (χ0) is 21.1. The molecule has 1 fully saturated rings. The summed E-state index contributed by atoms with van der Waals surface area (Å²) in [5.41, 5.74) is 1.38. The summed E-state index contributed by atoms with van der Waals surface area (Å²) < 4.78 is 54.8. The second kappa shape index (κ2) is 9.08. The first-order valence-corrected chi connectivity index (χ1v) is 7.96. The standard InChI is InChI=1S/C20H24O5/c1-22-20-18(21)19(24-13-16-10-6-3-7-11-16)17(25-20)14-23-12-15-8-4-2-5-9-15/h2-11,17-21H,12-14H2,1H3/t17-,18-,19-,20?/m1/s1/i4D,14D,17D,19D/t14?,17-,18-,19-,20?. The summed E-state index contributed by atoms with van der Waals surface area (Å²) in [6.07, 6.45) is -7.64. The van der Waals surface area contributed by atoms with Crippen LogP contribution in [0.15, 0.2) is 60.6 Å². The predicted molar refractivity (Wildman–Crippen MR) is 92.8 cm³/mol. The number of ether oxygens (including phenoxy) is 4. The van der Waals surface area contributed by atoms with Crippen LogP contribution in [0.5, 0.6) is 0 Å². The molecule has 1 heterocycles. The average Bonchev–Trinajstić information content (AvgIpc) is 2.93. The van der Waals surface area contributed by atoms with Crippen LogP contribution in [-0.4, -0.2) is 43.4 Å². The smallest absolute Gasteiger partial charge is 0.186 e. The normalized spacial score (nSPS) is 35.4. The summed E-state index contributed by atoms with van der Waals surface area (Å²) in [7, 11) is 1.27. The number of aliphatic hydroxyl groups excluding tert-OH is 1. The maximum absolute atomic E-state index is 10.5. The topological polar surface area (TPSA) is 57.2 Å². The van der Waals surface area contributed by atoms with Crippen molar-refractivity contribution in [2.75, 3.05) is 13.7 Å². The van der Waals surface area contributed by atoms with Gasteiger partial charge in [0.05, 0.1) is 25.3 Å². The molecule has 0 aromatic heterocycles. The molecule has 2 aromatic carbocycles. The van der Waals surface area contributed by atoms with Crippen LogP contribution >= 0.6 is 0 Å². The molecular formula is C20H24O5. The zero-order valence-corrected chi connectivity index (χ0v) is 13.9. The Morgan fingerprint density at radius 3 is 2.56 bits per heavy atom. The Morgan fingerprint density at radius 2 is 1.84 bits per heavy atom. The van der Waals surface area contributed by atoms with E-state index in [2.05, 4.69) is 0 Å². The lowest BCUT2D eigenvalue weighted by atomic mass is 10.1. The van der Waals surface area contributed by atoms with Crippen molar-refractivity contribution >= 4 is 0 Å². The van der Waals surface area contributed by atoms with Crippen LogP contribution in [0.25, 0.3) is 0 Å². The first-order valence-electron chi connectivity index (χ1n) is 10.0. The van der Waals surface area contributed by atoms with E-state index < -0.39 is 31.1 Å².